The monoisotopic (exact) mass is 327 g/mol. The number of benzene rings is 1. The van der Waals surface area contributed by atoms with Crippen molar-refractivity contribution < 1.29 is 13.7 Å². The number of hydrogen-bond donors (Lipinski definition) is 1. The number of halogens is 2. The summed E-state index contributed by atoms with van der Waals surface area (Å²) in [7, 11) is 0. The van der Waals surface area contributed by atoms with E-state index in [0.29, 0.717) is 17.5 Å². The van der Waals surface area contributed by atoms with Crippen LogP contribution in [0.1, 0.15) is 43.3 Å². The molecule has 2 aromatic rings. The zero-order valence-electron chi connectivity index (χ0n) is 12.1. The fraction of sp³-hybridized carbons (Fsp3) is 0.467. The Hall–Kier alpha value is -1.66. The number of hydrogen-bond acceptors (Lipinski definition) is 5. The molecule has 1 saturated carbocycles. The lowest BCUT2D eigenvalue weighted by molar-refractivity contribution is 0.276. The van der Waals surface area contributed by atoms with Crippen molar-refractivity contribution in [1.29, 1.82) is 0 Å². The first-order chi connectivity index (χ1) is 10.2. The first kappa shape index (κ1) is 16.7. The van der Waals surface area contributed by atoms with Gasteiger partial charge in [0.15, 0.2) is 6.61 Å². The lowest BCUT2D eigenvalue weighted by Gasteiger charge is -2.23. The molecule has 1 aliphatic carbocycles. The number of nitrogens with two attached hydrogens (primary N) is 1. The fourth-order valence-corrected chi connectivity index (χ4v) is 2.65. The van der Waals surface area contributed by atoms with Crippen molar-refractivity contribution in [1.82, 2.24) is 10.1 Å². The highest BCUT2D eigenvalue weighted by molar-refractivity contribution is 5.85. The second-order valence-electron chi connectivity index (χ2n) is 5.42. The Morgan fingerprint density at radius 2 is 2.23 bits per heavy atom. The number of rotatable bonds is 4. The third-order valence-electron chi connectivity index (χ3n) is 3.71. The zero-order valence-corrected chi connectivity index (χ0v) is 12.9. The zero-order chi connectivity index (χ0) is 14.7. The lowest BCUT2D eigenvalue weighted by Crippen LogP contribution is -2.26. The summed E-state index contributed by atoms with van der Waals surface area (Å²) in [5.41, 5.74) is 5.97. The minimum atomic E-state index is -0.336. The maximum atomic E-state index is 13.0. The highest BCUT2D eigenvalue weighted by Gasteiger charge is 2.25. The molecule has 0 radical (unpaired) electrons. The van der Waals surface area contributed by atoms with Crippen LogP contribution in [0.4, 0.5) is 4.39 Å². The molecule has 0 saturated heterocycles. The molecular formula is C15H19ClFN3O2. The van der Waals surface area contributed by atoms with Crippen molar-refractivity contribution in [2.75, 3.05) is 0 Å². The quantitative estimate of drug-likeness (QED) is 0.933. The van der Waals surface area contributed by atoms with Gasteiger partial charge in [-0.2, -0.15) is 4.98 Å². The summed E-state index contributed by atoms with van der Waals surface area (Å²) in [6.07, 6.45) is 4.05. The van der Waals surface area contributed by atoms with Gasteiger partial charge in [0.1, 0.15) is 11.6 Å². The first-order valence-corrected chi connectivity index (χ1v) is 7.17. The van der Waals surface area contributed by atoms with E-state index in [4.69, 9.17) is 15.0 Å². The van der Waals surface area contributed by atoms with Gasteiger partial charge in [0, 0.05) is 18.0 Å². The van der Waals surface area contributed by atoms with Crippen molar-refractivity contribution in [3.8, 4) is 5.75 Å². The third kappa shape index (κ3) is 4.18. The molecule has 5 nitrogen and oxygen atoms in total. The molecular weight excluding hydrogens is 309 g/mol. The molecule has 0 aliphatic heterocycles. The van der Waals surface area contributed by atoms with E-state index in [2.05, 4.69) is 10.1 Å². The van der Waals surface area contributed by atoms with Crippen LogP contribution in [-0.4, -0.2) is 16.2 Å². The Kier molecular flexibility index (Phi) is 5.74. The Labute approximate surface area is 134 Å². The summed E-state index contributed by atoms with van der Waals surface area (Å²) in [6.45, 7) is 0.158. The Bertz CT molecular complexity index is 608. The van der Waals surface area contributed by atoms with Crippen LogP contribution in [0.25, 0.3) is 0 Å². The molecule has 0 bridgehead atoms. The Morgan fingerprint density at radius 1 is 1.36 bits per heavy atom. The SMILES string of the molecule is Cl.NC1CCCC(c2nc(COc3cccc(F)c3)no2)C1. The topological polar surface area (TPSA) is 74.2 Å². The molecule has 7 heteroatoms. The molecule has 1 fully saturated rings. The predicted octanol–water partition coefficient (Wildman–Crippen LogP) is 3.19. The summed E-state index contributed by atoms with van der Waals surface area (Å²) in [5.74, 6) is 1.44. The Balaban J connectivity index is 0.00000176. The molecule has 22 heavy (non-hydrogen) atoms. The third-order valence-corrected chi connectivity index (χ3v) is 3.71. The van der Waals surface area contributed by atoms with E-state index >= 15 is 0 Å². The predicted molar refractivity (Wildman–Crippen MR) is 81.5 cm³/mol. The van der Waals surface area contributed by atoms with Gasteiger partial charge in [-0.3, -0.25) is 0 Å². The minimum Gasteiger partial charge on any atom is -0.485 e. The van der Waals surface area contributed by atoms with Crippen molar-refractivity contribution in [3.63, 3.8) is 0 Å². The maximum absolute atomic E-state index is 13.0. The minimum absolute atomic E-state index is 0. The molecule has 2 N–H and O–H groups in total. The van der Waals surface area contributed by atoms with Crippen LogP contribution < -0.4 is 10.5 Å². The van der Waals surface area contributed by atoms with Crippen LogP contribution in [0.15, 0.2) is 28.8 Å². The Morgan fingerprint density at radius 3 is 3.00 bits per heavy atom. The van der Waals surface area contributed by atoms with Crippen LogP contribution in [0.5, 0.6) is 5.75 Å². The number of ether oxygens (including phenoxy) is 1. The van der Waals surface area contributed by atoms with Crippen molar-refractivity contribution in [2.24, 2.45) is 5.73 Å². The summed E-state index contributed by atoms with van der Waals surface area (Å²) in [6, 6.07) is 6.18. The van der Waals surface area contributed by atoms with E-state index in [1.165, 1.54) is 12.1 Å². The van der Waals surface area contributed by atoms with Gasteiger partial charge in [-0.25, -0.2) is 4.39 Å². The lowest BCUT2D eigenvalue weighted by atomic mass is 9.86. The summed E-state index contributed by atoms with van der Waals surface area (Å²) in [4.78, 5) is 4.35. The number of nitrogens with zero attached hydrogens (tertiary/aromatic N) is 2. The summed E-state index contributed by atoms with van der Waals surface area (Å²) >= 11 is 0. The molecule has 1 aromatic carbocycles. The fourth-order valence-electron chi connectivity index (χ4n) is 2.65. The van der Waals surface area contributed by atoms with Crippen LogP contribution in [-0.2, 0) is 6.61 Å². The molecule has 0 amide bonds. The van der Waals surface area contributed by atoms with Gasteiger partial charge in [0.2, 0.25) is 11.7 Å². The van der Waals surface area contributed by atoms with Gasteiger partial charge in [0.25, 0.3) is 0 Å². The second-order valence-corrected chi connectivity index (χ2v) is 5.42. The molecule has 2 atom stereocenters. The van der Waals surface area contributed by atoms with Crippen molar-refractivity contribution >= 4 is 12.4 Å². The van der Waals surface area contributed by atoms with E-state index in [1.54, 1.807) is 12.1 Å². The first-order valence-electron chi connectivity index (χ1n) is 7.17. The van der Waals surface area contributed by atoms with Gasteiger partial charge in [-0.05, 0) is 31.4 Å². The van der Waals surface area contributed by atoms with E-state index in [0.717, 1.165) is 25.7 Å². The van der Waals surface area contributed by atoms with Crippen LogP contribution in [0.2, 0.25) is 0 Å². The van der Waals surface area contributed by atoms with Crippen LogP contribution >= 0.6 is 12.4 Å². The average Bonchev–Trinajstić information content (AvgIpc) is 2.94. The highest BCUT2D eigenvalue weighted by atomic mass is 35.5. The van der Waals surface area contributed by atoms with Gasteiger partial charge in [0.05, 0.1) is 0 Å². The van der Waals surface area contributed by atoms with Gasteiger partial charge >= 0.3 is 0 Å². The second kappa shape index (κ2) is 7.56. The van der Waals surface area contributed by atoms with E-state index < -0.39 is 0 Å². The highest BCUT2D eigenvalue weighted by Crippen LogP contribution is 2.31. The van der Waals surface area contributed by atoms with Crippen molar-refractivity contribution in [2.45, 2.75) is 44.2 Å². The van der Waals surface area contributed by atoms with Crippen molar-refractivity contribution in [3.05, 3.63) is 41.8 Å². The van der Waals surface area contributed by atoms with Crippen LogP contribution in [0, 0.1) is 5.82 Å². The molecule has 1 heterocycles. The van der Waals surface area contributed by atoms with Gasteiger partial charge in [-0.15, -0.1) is 12.4 Å². The van der Waals surface area contributed by atoms with E-state index in [-0.39, 0.29) is 36.8 Å². The molecule has 1 aliphatic rings. The molecule has 120 valence electrons. The standard InChI is InChI=1S/C15H18FN3O2.ClH/c16-11-4-2-6-13(8-11)20-9-14-18-15(21-19-14)10-3-1-5-12(17)7-10;/h2,4,6,8,10,12H,1,3,5,7,9,17H2;1H. The van der Waals surface area contributed by atoms with E-state index in [9.17, 15) is 4.39 Å². The molecule has 1 aromatic heterocycles. The normalized spacial score (nSPS) is 21.2. The largest absolute Gasteiger partial charge is 0.485 e. The van der Waals surface area contributed by atoms with Crippen LogP contribution in [0.3, 0.4) is 0 Å². The van der Waals surface area contributed by atoms with Gasteiger partial charge in [-0.1, -0.05) is 17.6 Å². The molecule has 0 spiro atoms. The van der Waals surface area contributed by atoms with Gasteiger partial charge < -0.3 is 15.0 Å². The maximum Gasteiger partial charge on any atom is 0.229 e. The summed E-state index contributed by atoms with van der Waals surface area (Å²) in [5, 5.41) is 3.91. The molecule has 3 rings (SSSR count). The average molecular weight is 328 g/mol. The number of aromatic nitrogens is 2. The van der Waals surface area contributed by atoms with E-state index in [1.807, 2.05) is 0 Å². The molecule has 2 unspecified atom stereocenters. The smallest absolute Gasteiger partial charge is 0.229 e. The summed E-state index contributed by atoms with van der Waals surface area (Å²) < 4.78 is 23.8.